The van der Waals surface area contributed by atoms with E-state index in [9.17, 15) is 20.2 Å². The lowest BCUT2D eigenvalue weighted by atomic mass is 9.87. The highest BCUT2D eigenvalue weighted by Gasteiger charge is 2.49. The van der Waals surface area contributed by atoms with E-state index in [4.69, 9.17) is 28.4 Å². The van der Waals surface area contributed by atoms with Crippen LogP contribution in [0.5, 0.6) is 0 Å². The van der Waals surface area contributed by atoms with E-state index in [-0.39, 0.29) is 18.6 Å². The summed E-state index contributed by atoms with van der Waals surface area (Å²) in [4.78, 5) is 29.8. The van der Waals surface area contributed by atoms with Crippen LogP contribution >= 0.6 is 0 Å². The molecule has 0 radical (unpaired) electrons. The third kappa shape index (κ3) is 10.9. The van der Waals surface area contributed by atoms with Crippen molar-refractivity contribution in [3.05, 3.63) is 82.2 Å². The molecule has 0 saturated carbocycles. The average Bonchev–Trinajstić information content (AvgIpc) is 3.11. The number of hydrogen-bond acceptors (Lipinski definition) is 10. The van der Waals surface area contributed by atoms with Gasteiger partial charge in [-0.2, -0.15) is 0 Å². The molecule has 0 aromatic heterocycles. The Morgan fingerprint density at radius 3 is 2.24 bits per heavy atom. The lowest BCUT2D eigenvalue weighted by molar-refractivity contribution is -0.329. The molecule has 274 valence electrons. The summed E-state index contributed by atoms with van der Waals surface area (Å²) in [6.07, 6.45) is -2.50. The topological polar surface area (TPSA) is 162 Å². The van der Waals surface area contributed by atoms with Gasteiger partial charge in [-0.25, -0.2) is 4.79 Å². The molecule has 1 N–H and O–H groups in total. The zero-order chi connectivity index (χ0) is 36.0. The number of amides is 1. The van der Waals surface area contributed by atoms with Gasteiger partial charge < -0.3 is 38.4 Å². The Balaban J connectivity index is 1.31. The first-order chi connectivity index (χ1) is 24.1. The summed E-state index contributed by atoms with van der Waals surface area (Å²) in [5.74, 6) is -1.27. The fourth-order valence-corrected chi connectivity index (χ4v) is 6.50. The number of nitrogens with zero attached hydrogens (tertiary/aromatic N) is 4. The summed E-state index contributed by atoms with van der Waals surface area (Å²) in [6, 6.07) is 18.7. The molecule has 2 aromatic carbocycles. The molecule has 4 unspecified atom stereocenters. The number of hydrogen-bond donors (Lipinski definition) is 1. The largest absolute Gasteiger partial charge is 0.457 e. The third-order valence-electron chi connectivity index (χ3n) is 9.38. The van der Waals surface area contributed by atoms with Crippen LogP contribution in [0.15, 0.2) is 65.8 Å². The Morgan fingerprint density at radius 1 is 0.920 bits per heavy atom. The van der Waals surface area contributed by atoms with Crippen LogP contribution in [0.4, 0.5) is 4.79 Å². The van der Waals surface area contributed by atoms with Gasteiger partial charge in [0.05, 0.1) is 30.5 Å². The first kappa shape index (κ1) is 39.1. The number of azide groups is 1. The quantitative estimate of drug-likeness (QED) is 0.0677. The first-order valence-electron chi connectivity index (χ1n) is 17.6. The molecule has 2 aliphatic rings. The van der Waals surface area contributed by atoms with Gasteiger partial charge in [0.15, 0.2) is 18.7 Å². The summed E-state index contributed by atoms with van der Waals surface area (Å²) in [5.41, 5.74) is 11.4. The smallest absolute Gasteiger partial charge is 0.410 e. The minimum absolute atomic E-state index is 0.206. The van der Waals surface area contributed by atoms with E-state index in [1.807, 2.05) is 74.5 Å². The van der Waals surface area contributed by atoms with E-state index in [2.05, 4.69) is 10.0 Å². The third-order valence-corrected chi connectivity index (χ3v) is 9.38. The van der Waals surface area contributed by atoms with Gasteiger partial charge >= 0.3 is 12.1 Å². The van der Waals surface area contributed by atoms with Gasteiger partial charge in [0.2, 0.25) is 0 Å². The fraction of sp³-hybridized carbons (Fsp3) is 0.622. The lowest BCUT2D eigenvalue weighted by Gasteiger charge is -2.48. The second kappa shape index (κ2) is 19.6. The highest BCUT2D eigenvalue weighted by atomic mass is 16.7. The van der Waals surface area contributed by atoms with Crippen molar-refractivity contribution in [2.24, 2.45) is 17.0 Å². The number of unbranched alkanes of at least 4 members (excludes halogenated alkanes) is 2. The monoisotopic (exact) mass is 696 g/mol. The zero-order valence-electron chi connectivity index (χ0n) is 29.7. The molecular formula is C37H52N4O9. The number of benzene rings is 2. The van der Waals surface area contributed by atoms with Gasteiger partial charge in [-0.3, -0.25) is 4.79 Å². The Labute approximate surface area is 294 Å². The Kier molecular flexibility index (Phi) is 15.3. The van der Waals surface area contributed by atoms with Crippen LogP contribution in [0.1, 0.15) is 71.4 Å². The maximum absolute atomic E-state index is 13.1. The second-order valence-corrected chi connectivity index (χ2v) is 13.1. The van der Waals surface area contributed by atoms with Crippen molar-refractivity contribution in [1.29, 1.82) is 0 Å². The molecule has 0 spiro atoms. The van der Waals surface area contributed by atoms with Crippen molar-refractivity contribution < 1.29 is 43.1 Å². The normalized spacial score (nSPS) is 29.4. The molecule has 0 bridgehead atoms. The standard InChI is InChI=1S/C37H52N4O9/c1-6-30-33(50-36-34(48-27(5)42)25(3)32(43)26(4)47-36)24(2)31(39-40-38)35(49-30)45-21-15-9-14-20-41(22-28-16-10-7-11-17-28)37(44)46-23-29-18-12-8-13-19-29/h7-8,10-13,16-19,24-26,30-36,43H,6,9,14-15,20-23H2,1-5H3/t24-,25+,26?,30?,31?,32+,33+,34?,35+,36+/m1/s1. The molecule has 2 saturated heterocycles. The van der Waals surface area contributed by atoms with Crippen LogP contribution in [-0.4, -0.2) is 84.4 Å². The van der Waals surface area contributed by atoms with Gasteiger partial charge in [-0.1, -0.05) is 86.5 Å². The zero-order valence-corrected chi connectivity index (χ0v) is 29.7. The maximum Gasteiger partial charge on any atom is 0.410 e. The number of ether oxygens (including phenoxy) is 6. The van der Waals surface area contributed by atoms with Gasteiger partial charge in [0, 0.05) is 37.4 Å². The molecule has 1 amide bonds. The van der Waals surface area contributed by atoms with Crippen molar-refractivity contribution in [3.8, 4) is 0 Å². The number of esters is 1. The van der Waals surface area contributed by atoms with Crippen LogP contribution in [0.3, 0.4) is 0 Å². The molecule has 2 heterocycles. The molecule has 10 atom stereocenters. The molecular weight excluding hydrogens is 644 g/mol. The van der Waals surface area contributed by atoms with Crippen molar-refractivity contribution in [3.63, 3.8) is 0 Å². The molecule has 0 aliphatic carbocycles. The average molecular weight is 697 g/mol. The molecule has 13 nitrogen and oxygen atoms in total. The van der Waals surface area contributed by atoms with Crippen LogP contribution in [0.2, 0.25) is 0 Å². The molecule has 2 aromatic rings. The Bertz CT molecular complexity index is 1380. The summed E-state index contributed by atoms with van der Waals surface area (Å²) < 4.78 is 36.1. The highest BCUT2D eigenvalue weighted by molar-refractivity contribution is 5.67. The minimum Gasteiger partial charge on any atom is -0.457 e. The lowest BCUT2D eigenvalue weighted by Crippen LogP contribution is -2.59. The van der Waals surface area contributed by atoms with E-state index in [0.717, 1.165) is 24.0 Å². The van der Waals surface area contributed by atoms with Gasteiger partial charge in [-0.15, -0.1) is 0 Å². The van der Waals surface area contributed by atoms with Crippen molar-refractivity contribution in [2.75, 3.05) is 13.2 Å². The van der Waals surface area contributed by atoms with Crippen LogP contribution in [-0.2, 0) is 46.4 Å². The first-order valence-corrected chi connectivity index (χ1v) is 17.6. The molecule has 50 heavy (non-hydrogen) atoms. The number of aliphatic hydroxyl groups excluding tert-OH is 1. The minimum atomic E-state index is -0.946. The predicted octanol–water partition coefficient (Wildman–Crippen LogP) is 6.52. The molecule has 2 aliphatic heterocycles. The Morgan fingerprint density at radius 2 is 1.60 bits per heavy atom. The maximum atomic E-state index is 13.1. The van der Waals surface area contributed by atoms with E-state index < -0.39 is 61.0 Å². The highest BCUT2D eigenvalue weighted by Crippen LogP contribution is 2.37. The number of carbonyl (C=O) groups is 2. The van der Waals surface area contributed by atoms with Gasteiger partial charge in [0.25, 0.3) is 0 Å². The Hall–Kier alpha value is -3.71. The number of rotatable bonds is 16. The predicted molar refractivity (Wildman–Crippen MR) is 184 cm³/mol. The van der Waals surface area contributed by atoms with Crippen LogP contribution in [0, 0.1) is 11.8 Å². The molecule has 2 fully saturated rings. The summed E-state index contributed by atoms with van der Waals surface area (Å²) in [6.45, 7) is 10.2. The van der Waals surface area contributed by atoms with Gasteiger partial charge in [0.1, 0.15) is 6.61 Å². The van der Waals surface area contributed by atoms with E-state index in [1.165, 1.54) is 6.92 Å². The van der Waals surface area contributed by atoms with Gasteiger partial charge in [-0.05, 0) is 55.2 Å². The SMILES string of the molecule is CCC1O[C@H](OCCCCCN(Cc2ccccc2)C(=O)OCc2ccccc2)C(N=[N+]=[N-])[C@@H](C)[C@@H]1O[C@@H]1OC(C)[C@@H](O)[C@H](C)C1OC(C)=O. The molecule has 13 heteroatoms. The van der Waals surface area contributed by atoms with Crippen molar-refractivity contribution in [2.45, 2.75) is 123 Å². The van der Waals surface area contributed by atoms with Crippen molar-refractivity contribution in [1.82, 2.24) is 4.90 Å². The molecule has 4 rings (SSSR count). The summed E-state index contributed by atoms with van der Waals surface area (Å²) in [5, 5.41) is 14.6. The van der Waals surface area contributed by atoms with Crippen molar-refractivity contribution >= 4 is 12.1 Å². The fourth-order valence-electron chi connectivity index (χ4n) is 6.50. The number of carbonyl (C=O) groups excluding carboxylic acids is 2. The van der Waals surface area contributed by atoms with Crippen LogP contribution < -0.4 is 0 Å². The van der Waals surface area contributed by atoms with E-state index in [1.54, 1.807) is 18.7 Å². The van der Waals surface area contributed by atoms with Crippen LogP contribution in [0.25, 0.3) is 10.4 Å². The number of aliphatic hydroxyl groups is 1. The summed E-state index contributed by atoms with van der Waals surface area (Å²) in [7, 11) is 0. The summed E-state index contributed by atoms with van der Waals surface area (Å²) >= 11 is 0. The van der Waals surface area contributed by atoms with E-state index in [0.29, 0.717) is 32.5 Å². The van der Waals surface area contributed by atoms with E-state index >= 15 is 0 Å². The second-order valence-electron chi connectivity index (χ2n) is 13.1.